The Labute approximate surface area is 164 Å². The molecule has 1 aliphatic rings. The van der Waals surface area contributed by atoms with Gasteiger partial charge in [0.2, 0.25) is 0 Å². The molecule has 1 aromatic heterocycles. The molecule has 1 saturated heterocycles. The van der Waals surface area contributed by atoms with E-state index in [-0.39, 0.29) is 18.0 Å². The average Bonchev–Trinajstić information content (AvgIpc) is 3.31. The topological polar surface area (TPSA) is 96.5 Å². The minimum atomic E-state index is -5.08. The smallest absolute Gasteiger partial charge is 0.475 e. The number of hydrogen-bond acceptors (Lipinski definition) is 5. The predicted octanol–water partition coefficient (Wildman–Crippen LogP) is 2.92. The minimum absolute atomic E-state index is 0.134. The number of methoxy groups -OCH3 is 1. The van der Waals surface area contributed by atoms with Gasteiger partial charge in [0.1, 0.15) is 11.6 Å². The van der Waals surface area contributed by atoms with Gasteiger partial charge in [-0.05, 0) is 18.6 Å². The maximum Gasteiger partial charge on any atom is 0.490 e. The van der Waals surface area contributed by atoms with E-state index in [1.165, 1.54) is 12.1 Å². The van der Waals surface area contributed by atoms with Crippen LogP contribution in [0.3, 0.4) is 0 Å². The van der Waals surface area contributed by atoms with E-state index in [0.717, 1.165) is 30.0 Å². The molecule has 1 fully saturated rings. The summed E-state index contributed by atoms with van der Waals surface area (Å²) in [6.07, 6.45) is -2.24. The number of ether oxygens (including phenoxy) is 2. The molecule has 29 heavy (non-hydrogen) atoms. The van der Waals surface area contributed by atoms with E-state index in [9.17, 15) is 17.6 Å². The van der Waals surface area contributed by atoms with Crippen molar-refractivity contribution in [3.05, 3.63) is 42.1 Å². The molecule has 11 heteroatoms. The summed E-state index contributed by atoms with van der Waals surface area (Å²) >= 11 is 0. The molecule has 2 heterocycles. The molecule has 3 N–H and O–H groups in total. The van der Waals surface area contributed by atoms with Crippen LogP contribution >= 0.6 is 0 Å². The van der Waals surface area contributed by atoms with Crippen LogP contribution in [0.25, 0.3) is 11.3 Å². The Morgan fingerprint density at radius 3 is 2.69 bits per heavy atom. The first-order valence-corrected chi connectivity index (χ1v) is 8.66. The summed E-state index contributed by atoms with van der Waals surface area (Å²) in [5.74, 6) is -2.16. The minimum Gasteiger partial charge on any atom is -0.475 e. The fourth-order valence-electron chi connectivity index (χ4n) is 2.65. The van der Waals surface area contributed by atoms with Gasteiger partial charge in [0.25, 0.3) is 0 Å². The fraction of sp³-hybridized carbons (Fsp3) is 0.444. The van der Waals surface area contributed by atoms with Crippen molar-refractivity contribution in [2.45, 2.75) is 24.7 Å². The summed E-state index contributed by atoms with van der Waals surface area (Å²) in [5, 5.41) is 10.5. The van der Waals surface area contributed by atoms with Crippen LogP contribution in [0, 0.1) is 5.82 Å². The third-order valence-corrected chi connectivity index (χ3v) is 4.02. The van der Waals surface area contributed by atoms with Gasteiger partial charge in [-0.15, -0.1) is 0 Å². The molecular formula is C18H21F4N3O4. The summed E-state index contributed by atoms with van der Waals surface area (Å²) in [6, 6.07) is 6.58. The van der Waals surface area contributed by atoms with Gasteiger partial charge in [-0.3, -0.25) is 0 Å². The van der Waals surface area contributed by atoms with Crippen LogP contribution < -0.4 is 5.32 Å². The van der Waals surface area contributed by atoms with Crippen LogP contribution in [-0.2, 0) is 14.3 Å². The van der Waals surface area contributed by atoms with Crippen LogP contribution in [0.15, 0.2) is 30.5 Å². The van der Waals surface area contributed by atoms with Crippen molar-refractivity contribution < 1.29 is 36.9 Å². The van der Waals surface area contributed by atoms with E-state index < -0.39 is 12.1 Å². The molecule has 0 radical (unpaired) electrons. The van der Waals surface area contributed by atoms with E-state index >= 15 is 0 Å². The number of aromatic amines is 1. The highest BCUT2D eigenvalue weighted by Gasteiger charge is 2.38. The lowest BCUT2D eigenvalue weighted by Gasteiger charge is -2.10. The second-order valence-electron chi connectivity index (χ2n) is 6.17. The van der Waals surface area contributed by atoms with Crippen LogP contribution in [0.4, 0.5) is 17.6 Å². The van der Waals surface area contributed by atoms with Gasteiger partial charge in [0, 0.05) is 25.4 Å². The molecule has 0 unspecified atom stereocenters. The van der Waals surface area contributed by atoms with Crippen molar-refractivity contribution in [1.29, 1.82) is 0 Å². The van der Waals surface area contributed by atoms with Gasteiger partial charge in [0.15, 0.2) is 0 Å². The Hall–Kier alpha value is -2.50. The zero-order valence-corrected chi connectivity index (χ0v) is 15.5. The fourth-order valence-corrected chi connectivity index (χ4v) is 2.65. The van der Waals surface area contributed by atoms with Crippen LogP contribution in [-0.4, -0.2) is 60.2 Å². The monoisotopic (exact) mass is 419 g/mol. The molecule has 2 aromatic rings. The van der Waals surface area contributed by atoms with Crippen molar-refractivity contribution in [2.75, 3.05) is 26.9 Å². The molecule has 0 spiro atoms. The Bertz CT molecular complexity index is 797. The summed E-state index contributed by atoms with van der Waals surface area (Å²) in [5.41, 5.74) is 1.52. The number of aromatic nitrogens is 2. The molecule has 0 aliphatic carbocycles. The number of benzene rings is 1. The number of H-pyrrole nitrogens is 1. The molecule has 0 bridgehead atoms. The molecule has 1 aromatic carbocycles. The van der Waals surface area contributed by atoms with Crippen molar-refractivity contribution in [2.24, 2.45) is 0 Å². The molecule has 2 atom stereocenters. The van der Waals surface area contributed by atoms with Gasteiger partial charge in [-0.25, -0.2) is 14.2 Å². The zero-order chi connectivity index (χ0) is 21.4. The van der Waals surface area contributed by atoms with Gasteiger partial charge in [-0.2, -0.15) is 13.2 Å². The number of aliphatic carboxylic acids is 1. The number of hydrogen-bond donors (Lipinski definition) is 3. The van der Waals surface area contributed by atoms with Crippen molar-refractivity contribution in [1.82, 2.24) is 15.3 Å². The Balaban J connectivity index is 0.000000370. The molecule has 160 valence electrons. The number of carboxylic acid groups (broad SMARTS) is 1. The highest BCUT2D eigenvalue weighted by molar-refractivity contribution is 5.73. The van der Waals surface area contributed by atoms with E-state index in [1.54, 1.807) is 13.2 Å². The summed E-state index contributed by atoms with van der Waals surface area (Å²) in [4.78, 5) is 16.6. The molecule has 3 rings (SSSR count). The van der Waals surface area contributed by atoms with Crippen molar-refractivity contribution >= 4 is 5.97 Å². The lowest BCUT2D eigenvalue weighted by Crippen LogP contribution is -2.21. The van der Waals surface area contributed by atoms with Crippen LogP contribution in [0.1, 0.15) is 18.3 Å². The quantitative estimate of drug-likeness (QED) is 0.492. The van der Waals surface area contributed by atoms with E-state index in [4.69, 9.17) is 19.4 Å². The van der Waals surface area contributed by atoms with E-state index in [0.29, 0.717) is 13.2 Å². The summed E-state index contributed by atoms with van der Waals surface area (Å²) < 4.78 is 55.7. The predicted molar refractivity (Wildman–Crippen MR) is 94.6 cm³/mol. The van der Waals surface area contributed by atoms with Crippen LogP contribution in [0.2, 0.25) is 0 Å². The van der Waals surface area contributed by atoms with Crippen molar-refractivity contribution in [3.63, 3.8) is 0 Å². The Kier molecular flexibility index (Phi) is 8.11. The highest BCUT2D eigenvalue weighted by atomic mass is 19.4. The lowest BCUT2D eigenvalue weighted by molar-refractivity contribution is -0.192. The molecule has 0 amide bonds. The van der Waals surface area contributed by atoms with Crippen LogP contribution in [0.5, 0.6) is 0 Å². The maximum atomic E-state index is 13.3. The number of imidazole rings is 1. The van der Waals surface area contributed by atoms with E-state index in [2.05, 4.69) is 15.3 Å². The first-order valence-electron chi connectivity index (χ1n) is 8.66. The molecule has 0 saturated carbocycles. The second-order valence-corrected chi connectivity index (χ2v) is 6.17. The third kappa shape index (κ3) is 7.11. The summed E-state index contributed by atoms with van der Waals surface area (Å²) in [7, 11) is 1.66. The first kappa shape index (κ1) is 22.8. The second kappa shape index (κ2) is 10.3. The molecular weight excluding hydrogens is 398 g/mol. The normalized spacial score (nSPS) is 18.9. The number of rotatable bonds is 6. The Morgan fingerprint density at radius 2 is 2.07 bits per heavy atom. The molecule has 1 aliphatic heterocycles. The third-order valence-electron chi connectivity index (χ3n) is 4.02. The average molecular weight is 419 g/mol. The lowest BCUT2D eigenvalue weighted by atomic mass is 10.1. The number of alkyl halides is 3. The van der Waals surface area contributed by atoms with E-state index in [1.807, 2.05) is 12.3 Å². The first-order chi connectivity index (χ1) is 13.7. The number of nitrogens with one attached hydrogen (secondary N) is 2. The zero-order valence-electron chi connectivity index (χ0n) is 15.5. The van der Waals surface area contributed by atoms with Gasteiger partial charge < -0.3 is 24.9 Å². The summed E-state index contributed by atoms with van der Waals surface area (Å²) in [6.45, 7) is 2.00. The molecule has 7 nitrogen and oxygen atoms in total. The highest BCUT2D eigenvalue weighted by Crippen LogP contribution is 2.25. The van der Waals surface area contributed by atoms with Gasteiger partial charge in [0.05, 0.1) is 31.1 Å². The SMILES string of the molecule is COCCO[C@H]1CN[C@H](c2nc(-c3cccc(F)c3)c[nH]2)C1.O=C(O)C(F)(F)F. The number of nitrogens with zero attached hydrogens (tertiary/aromatic N) is 1. The Morgan fingerprint density at radius 1 is 1.34 bits per heavy atom. The largest absolute Gasteiger partial charge is 0.490 e. The number of carboxylic acids is 1. The van der Waals surface area contributed by atoms with Crippen molar-refractivity contribution in [3.8, 4) is 11.3 Å². The van der Waals surface area contributed by atoms with Gasteiger partial charge in [-0.1, -0.05) is 12.1 Å². The number of carbonyl (C=O) groups is 1. The maximum absolute atomic E-state index is 13.3. The van der Waals surface area contributed by atoms with Gasteiger partial charge >= 0.3 is 12.1 Å². The standard InChI is InChI=1S/C16H20FN3O2.C2HF3O2/c1-21-5-6-22-13-8-14(18-9-13)16-19-10-15(20-16)11-3-2-4-12(17)7-11;3-2(4,5)1(6)7/h2-4,7,10,13-14,18H,5-6,8-9H2,1H3,(H,19,20);(H,6,7)/t13-,14+;/m1./s1. The number of halogens is 4.